The lowest BCUT2D eigenvalue weighted by Crippen LogP contribution is -2.40. The molecule has 3 aromatic rings. The lowest BCUT2D eigenvalue weighted by atomic mass is 10.0. The van der Waals surface area contributed by atoms with E-state index < -0.39 is 6.04 Å². The van der Waals surface area contributed by atoms with Crippen molar-refractivity contribution in [2.75, 3.05) is 6.54 Å². The van der Waals surface area contributed by atoms with Gasteiger partial charge in [0.2, 0.25) is 11.8 Å². The molecule has 138 valence electrons. The summed E-state index contributed by atoms with van der Waals surface area (Å²) in [6, 6.07) is 13.8. The number of nitrogens with one attached hydrogen (secondary N) is 3. The molecule has 1 aliphatic heterocycles. The third kappa shape index (κ3) is 3.56. The number of amides is 2. The van der Waals surface area contributed by atoms with Crippen LogP contribution in [-0.2, 0) is 16.0 Å². The van der Waals surface area contributed by atoms with Gasteiger partial charge in [-0.15, -0.1) is 0 Å². The van der Waals surface area contributed by atoms with E-state index in [0.29, 0.717) is 19.4 Å². The highest BCUT2D eigenvalue weighted by molar-refractivity contribution is 5.92. The lowest BCUT2D eigenvalue weighted by molar-refractivity contribution is -0.127. The number of benzene rings is 2. The van der Waals surface area contributed by atoms with Crippen LogP contribution in [0.25, 0.3) is 22.2 Å². The van der Waals surface area contributed by atoms with E-state index in [1.807, 2.05) is 24.3 Å². The van der Waals surface area contributed by atoms with E-state index in [-0.39, 0.29) is 24.1 Å². The molecule has 1 aliphatic rings. The van der Waals surface area contributed by atoms with Crippen LogP contribution in [0.4, 0.5) is 4.39 Å². The van der Waals surface area contributed by atoms with Crippen LogP contribution in [0, 0.1) is 5.82 Å². The minimum atomic E-state index is -0.433. The van der Waals surface area contributed by atoms with Gasteiger partial charge in [-0.3, -0.25) is 9.59 Å². The molecule has 1 atom stereocenters. The van der Waals surface area contributed by atoms with Gasteiger partial charge in [0.1, 0.15) is 11.9 Å². The fourth-order valence-electron chi connectivity index (χ4n) is 3.56. The van der Waals surface area contributed by atoms with Crippen molar-refractivity contribution in [3.63, 3.8) is 0 Å². The molecular formula is C21H20FN3O2. The molecule has 0 spiro atoms. The second-order valence-electron chi connectivity index (χ2n) is 6.73. The van der Waals surface area contributed by atoms with Crippen LogP contribution >= 0.6 is 0 Å². The molecule has 1 unspecified atom stereocenters. The highest BCUT2D eigenvalue weighted by Gasteiger charge is 2.25. The Morgan fingerprint density at radius 1 is 1.15 bits per heavy atom. The maximum atomic E-state index is 13.3. The Labute approximate surface area is 156 Å². The smallest absolute Gasteiger partial charge is 0.242 e. The zero-order chi connectivity index (χ0) is 18.8. The van der Waals surface area contributed by atoms with Gasteiger partial charge >= 0.3 is 0 Å². The van der Waals surface area contributed by atoms with Crippen molar-refractivity contribution in [1.29, 1.82) is 0 Å². The number of aryl methyl sites for hydroxylation is 1. The van der Waals surface area contributed by atoms with Crippen molar-refractivity contribution >= 4 is 22.7 Å². The largest absolute Gasteiger partial charge is 0.354 e. The third-order valence-electron chi connectivity index (χ3n) is 4.93. The maximum absolute atomic E-state index is 13.3. The van der Waals surface area contributed by atoms with E-state index in [1.54, 1.807) is 12.1 Å². The van der Waals surface area contributed by atoms with Gasteiger partial charge in [-0.25, -0.2) is 4.39 Å². The van der Waals surface area contributed by atoms with Crippen LogP contribution in [0.5, 0.6) is 0 Å². The Hall–Kier alpha value is -3.15. The summed E-state index contributed by atoms with van der Waals surface area (Å²) in [4.78, 5) is 27.3. The summed E-state index contributed by atoms with van der Waals surface area (Å²) < 4.78 is 13.3. The fourth-order valence-corrected chi connectivity index (χ4v) is 3.56. The first-order chi connectivity index (χ1) is 13.1. The van der Waals surface area contributed by atoms with Gasteiger partial charge in [-0.1, -0.05) is 18.2 Å². The fraction of sp³-hybridized carbons (Fsp3) is 0.238. The Balaban J connectivity index is 1.58. The molecule has 2 aromatic carbocycles. The molecule has 6 heteroatoms. The van der Waals surface area contributed by atoms with Crippen molar-refractivity contribution in [3.8, 4) is 11.3 Å². The normalized spacial score (nSPS) is 16.5. The average molecular weight is 365 g/mol. The molecule has 3 N–H and O–H groups in total. The van der Waals surface area contributed by atoms with Crippen molar-refractivity contribution in [2.45, 2.75) is 25.3 Å². The van der Waals surface area contributed by atoms with Gasteiger partial charge in [-0.05, 0) is 54.3 Å². The van der Waals surface area contributed by atoms with E-state index in [9.17, 15) is 14.0 Å². The molecule has 1 saturated heterocycles. The molecular weight excluding hydrogens is 345 g/mol. The van der Waals surface area contributed by atoms with Gasteiger partial charge in [0.15, 0.2) is 0 Å². The van der Waals surface area contributed by atoms with Crippen LogP contribution in [0.15, 0.2) is 48.5 Å². The molecule has 1 aromatic heterocycles. The van der Waals surface area contributed by atoms with Gasteiger partial charge in [-0.2, -0.15) is 0 Å². The Kier molecular flexibility index (Phi) is 4.62. The number of H-pyrrole nitrogens is 1. The molecule has 2 amide bonds. The zero-order valence-corrected chi connectivity index (χ0v) is 14.7. The molecule has 0 aliphatic carbocycles. The van der Waals surface area contributed by atoms with Crippen molar-refractivity contribution < 1.29 is 14.0 Å². The molecule has 0 bridgehead atoms. The van der Waals surface area contributed by atoms with Crippen LogP contribution in [0.3, 0.4) is 0 Å². The summed E-state index contributed by atoms with van der Waals surface area (Å²) in [5, 5.41) is 6.55. The predicted molar refractivity (Wildman–Crippen MR) is 102 cm³/mol. The van der Waals surface area contributed by atoms with Crippen LogP contribution in [0.1, 0.15) is 18.4 Å². The summed E-state index contributed by atoms with van der Waals surface area (Å²) in [5.74, 6) is -0.555. The number of fused-ring (bicyclic) bond motifs is 1. The number of aromatic nitrogens is 1. The first kappa shape index (κ1) is 17.3. The average Bonchev–Trinajstić information content (AvgIpc) is 3.24. The van der Waals surface area contributed by atoms with Crippen LogP contribution in [-0.4, -0.2) is 29.4 Å². The second kappa shape index (κ2) is 7.23. The van der Waals surface area contributed by atoms with Gasteiger partial charge < -0.3 is 15.6 Å². The third-order valence-corrected chi connectivity index (χ3v) is 4.93. The van der Waals surface area contributed by atoms with E-state index in [1.165, 1.54) is 12.1 Å². The first-order valence-corrected chi connectivity index (χ1v) is 9.04. The monoisotopic (exact) mass is 365 g/mol. The number of hydrogen-bond acceptors (Lipinski definition) is 2. The molecule has 27 heavy (non-hydrogen) atoms. The molecule has 2 heterocycles. The Morgan fingerprint density at radius 3 is 2.67 bits per heavy atom. The number of aromatic amines is 1. The number of carbonyl (C=O) groups excluding carboxylic acids is 2. The van der Waals surface area contributed by atoms with Gasteiger partial charge in [0.05, 0.1) is 0 Å². The molecule has 4 rings (SSSR count). The highest BCUT2D eigenvalue weighted by Crippen LogP contribution is 2.31. The van der Waals surface area contributed by atoms with E-state index >= 15 is 0 Å². The van der Waals surface area contributed by atoms with Gasteiger partial charge in [0, 0.05) is 29.6 Å². The van der Waals surface area contributed by atoms with Crippen LogP contribution < -0.4 is 10.6 Å². The number of rotatable bonds is 5. The maximum Gasteiger partial charge on any atom is 0.242 e. The summed E-state index contributed by atoms with van der Waals surface area (Å²) in [7, 11) is 0. The van der Waals surface area contributed by atoms with Crippen molar-refractivity contribution in [2.24, 2.45) is 0 Å². The number of para-hydroxylation sites is 1. The summed E-state index contributed by atoms with van der Waals surface area (Å²) in [6.45, 7) is 0.598. The van der Waals surface area contributed by atoms with Crippen molar-refractivity contribution in [3.05, 3.63) is 59.9 Å². The molecule has 0 saturated carbocycles. The number of halogens is 1. The van der Waals surface area contributed by atoms with Crippen LogP contribution in [0.2, 0.25) is 0 Å². The first-order valence-electron chi connectivity index (χ1n) is 9.04. The van der Waals surface area contributed by atoms with E-state index in [0.717, 1.165) is 27.7 Å². The Bertz CT molecular complexity index is 994. The second-order valence-corrected chi connectivity index (χ2v) is 6.73. The summed E-state index contributed by atoms with van der Waals surface area (Å²) >= 11 is 0. The van der Waals surface area contributed by atoms with E-state index in [2.05, 4.69) is 15.6 Å². The minimum Gasteiger partial charge on any atom is -0.354 e. The van der Waals surface area contributed by atoms with E-state index in [4.69, 9.17) is 0 Å². The predicted octanol–water partition coefficient (Wildman–Crippen LogP) is 2.91. The minimum absolute atomic E-state index is 0.123. The van der Waals surface area contributed by atoms with Gasteiger partial charge in [0.25, 0.3) is 0 Å². The topological polar surface area (TPSA) is 74.0 Å². The Morgan fingerprint density at radius 2 is 1.93 bits per heavy atom. The molecule has 1 fully saturated rings. The lowest BCUT2D eigenvalue weighted by Gasteiger charge is -2.10. The molecule has 0 radical (unpaired) electrons. The zero-order valence-electron chi connectivity index (χ0n) is 14.7. The number of hydrogen-bond donors (Lipinski definition) is 3. The number of carbonyl (C=O) groups is 2. The SMILES string of the molecule is O=C(CCc1c(-c2ccc(F)cc2)[nH]c2ccccc12)NC1CCNC1=O. The highest BCUT2D eigenvalue weighted by atomic mass is 19.1. The van der Waals surface area contributed by atoms with Crippen molar-refractivity contribution in [1.82, 2.24) is 15.6 Å². The standard InChI is InChI=1S/C21H20FN3O2/c22-14-7-5-13(6-8-14)20-16(15-3-1-2-4-17(15)25-20)9-10-19(26)24-18-11-12-23-21(18)27/h1-8,18,25H,9-12H2,(H,23,27)(H,24,26). The summed E-state index contributed by atoms with van der Waals surface area (Å²) in [5.41, 5.74) is 3.76. The quantitative estimate of drug-likeness (QED) is 0.650. The summed E-state index contributed by atoms with van der Waals surface area (Å²) in [6.07, 6.45) is 1.43. The molecule has 5 nitrogen and oxygen atoms in total.